The fourth-order valence-electron chi connectivity index (χ4n) is 3.85. The lowest BCUT2D eigenvalue weighted by Crippen LogP contribution is -2.34. The summed E-state index contributed by atoms with van der Waals surface area (Å²) in [6.45, 7) is 11.9. The molecule has 124 valence electrons. The molecule has 0 bridgehead atoms. The fourth-order valence-corrected chi connectivity index (χ4v) is 3.85. The first kappa shape index (κ1) is 16.1. The number of aryl methyl sites for hydroxylation is 2. The zero-order valence-corrected chi connectivity index (χ0v) is 14.7. The van der Waals surface area contributed by atoms with Gasteiger partial charge in [-0.15, -0.1) is 0 Å². The third kappa shape index (κ3) is 3.27. The van der Waals surface area contributed by atoms with Gasteiger partial charge in [0, 0.05) is 48.7 Å². The van der Waals surface area contributed by atoms with Crippen molar-refractivity contribution >= 4 is 5.69 Å². The number of nitrogens with zero attached hydrogens (tertiary/aromatic N) is 3. The molecule has 2 atom stereocenters. The molecule has 1 aliphatic heterocycles. The Morgan fingerprint density at radius 2 is 2.00 bits per heavy atom. The molecular formula is C19H28N4. The quantitative estimate of drug-likeness (QED) is 0.918. The Morgan fingerprint density at radius 3 is 2.65 bits per heavy atom. The number of benzene rings is 1. The van der Waals surface area contributed by atoms with Crippen LogP contribution in [0, 0.1) is 13.8 Å². The predicted octanol–water partition coefficient (Wildman–Crippen LogP) is 3.45. The van der Waals surface area contributed by atoms with Gasteiger partial charge in [0.2, 0.25) is 0 Å². The zero-order valence-electron chi connectivity index (χ0n) is 14.7. The van der Waals surface area contributed by atoms with E-state index >= 15 is 0 Å². The monoisotopic (exact) mass is 312 g/mol. The SMILES string of the molecule is CCn1nc(C)c(C(C)NC2CCN(c3ccccc3)C2)c1C. The van der Waals surface area contributed by atoms with Gasteiger partial charge < -0.3 is 10.2 Å². The van der Waals surface area contributed by atoms with Crippen LogP contribution in [-0.2, 0) is 6.54 Å². The highest BCUT2D eigenvalue weighted by Gasteiger charge is 2.26. The van der Waals surface area contributed by atoms with Gasteiger partial charge in [-0.05, 0) is 46.2 Å². The van der Waals surface area contributed by atoms with Gasteiger partial charge in [0.1, 0.15) is 0 Å². The second-order valence-corrected chi connectivity index (χ2v) is 6.56. The van der Waals surface area contributed by atoms with E-state index in [0.717, 1.165) is 25.3 Å². The van der Waals surface area contributed by atoms with Crippen molar-refractivity contribution in [2.45, 2.75) is 52.7 Å². The van der Waals surface area contributed by atoms with Crippen molar-refractivity contribution in [3.8, 4) is 0 Å². The first-order chi connectivity index (χ1) is 11.1. The van der Waals surface area contributed by atoms with Crippen molar-refractivity contribution in [1.29, 1.82) is 0 Å². The number of hydrogen-bond acceptors (Lipinski definition) is 3. The van der Waals surface area contributed by atoms with Crippen LogP contribution in [-0.4, -0.2) is 28.9 Å². The van der Waals surface area contributed by atoms with Gasteiger partial charge in [-0.2, -0.15) is 5.10 Å². The lowest BCUT2D eigenvalue weighted by atomic mass is 10.1. The molecule has 1 N–H and O–H groups in total. The van der Waals surface area contributed by atoms with E-state index in [9.17, 15) is 0 Å². The van der Waals surface area contributed by atoms with E-state index in [1.807, 2.05) is 0 Å². The van der Waals surface area contributed by atoms with Crippen LogP contribution in [0.4, 0.5) is 5.69 Å². The van der Waals surface area contributed by atoms with E-state index in [2.05, 4.69) is 78.0 Å². The summed E-state index contributed by atoms with van der Waals surface area (Å²) >= 11 is 0. The van der Waals surface area contributed by atoms with Crippen molar-refractivity contribution in [1.82, 2.24) is 15.1 Å². The molecule has 0 saturated carbocycles. The average molecular weight is 312 g/mol. The largest absolute Gasteiger partial charge is 0.370 e. The number of hydrogen-bond donors (Lipinski definition) is 1. The Hall–Kier alpha value is -1.81. The van der Waals surface area contributed by atoms with Gasteiger partial charge in [0.25, 0.3) is 0 Å². The first-order valence-electron chi connectivity index (χ1n) is 8.70. The van der Waals surface area contributed by atoms with Crippen molar-refractivity contribution in [2.75, 3.05) is 18.0 Å². The molecule has 1 fully saturated rings. The number of anilines is 1. The molecule has 2 heterocycles. The van der Waals surface area contributed by atoms with Crippen molar-refractivity contribution in [3.63, 3.8) is 0 Å². The Bertz CT molecular complexity index is 647. The molecule has 0 amide bonds. The van der Waals surface area contributed by atoms with Gasteiger partial charge in [-0.1, -0.05) is 18.2 Å². The summed E-state index contributed by atoms with van der Waals surface area (Å²) in [6, 6.07) is 11.6. The maximum absolute atomic E-state index is 4.65. The van der Waals surface area contributed by atoms with Crippen molar-refractivity contribution in [2.24, 2.45) is 0 Å². The summed E-state index contributed by atoms with van der Waals surface area (Å²) in [7, 11) is 0. The van der Waals surface area contributed by atoms with Crippen LogP contribution in [0.5, 0.6) is 0 Å². The predicted molar refractivity (Wildman–Crippen MR) is 96.0 cm³/mol. The summed E-state index contributed by atoms with van der Waals surface area (Å²) in [6.07, 6.45) is 1.19. The third-order valence-corrected chi connectivity index (χ3v) is 4.97. The summed E-state index contributed by atoms with van der Waals surface area (Å²) in [5, 5.41) is 8.47. The standard InChI is InChI=1S/C19H28N4/c1-5-23-16(4)19(15(3)21-23)14(2)20-17-11-12-22(13-17)18-9-7-6-8-10-18/h6-10,14,17,20H,5,11-13H2,1-4H3. The van der Waals surface area contributed by atoms with E-state index in [1.54, 1.807) is 0 Å². The van der Waals surface area contributed by atoms with Crippen LogP contribution in [0.2, 0.25) is 0 Å². The smallest absolute Gasteiger partial charge is 0.0644 e. The lowest BCUT2D eigenvalue weighted by molar-refractivity contribution is 0.478. The fraction of sp³-hybridized carbons (Fsp3) is 0.526. The van der Waals surface area contributed by atoms with Gasteiger partial charge in [-0.25, -0.2) is 0 Å². The van der Waals surface area contributed by atoms with Crippen LogP contribution in [0.15, 0.2) is 30.3 Å². The summed E-state index contributed by atoms with van der Waals surface area (Å²) < 4.78 is 2.10. The molecule has 1 saturated heterocycles. The highest BCUT2D eigenvalue weighted by molar-refractivity contribution is 5.47. The second kappa shape index (κ2) is 6.75. The molecule has 1 aromatic heterocycles. The maximum Gasteiger partial charge on any atom is 0.0644 e. The summed E-state index contributed by atoms with van der Waals surface area (Å²) in [5.74, 6) is 0. The van der Waals surface area contributed by atoms with Gasteiger partial charge >= 0.3 is 0 Å². The van der Waals surface area contributed by atoms with Gasteiger partial charge in [0.05, 0.1) is 5.69 Å². The minimum Gasteiger partial charge on any atom is -0.370 e. The highest BCUT2D eigenvalue weighted by atomic mass is 15.3. The van der Waals surface area contributed by atoms with Crippen molar-refractivity contribution in [3.05, 3.63) is 47.3 Å². The minimum absolute atomic E-state index is 0.344. The summed E-state index contributed by atoms with van der Waals surface area (Å²) in [4.78, 5) is 2.47. The Morgan fingerprint density at radius 1 is 1.26 bits per heavy atom. The van der Waals surface area contributed by atoms with Crippen LogP contribution < -0.4 is 10.2 Å². The van der Waals surface area contributed by atoms with E-state index in [1.165, 1.54) is 23.4 Å². The average Bonchev–Trinajstić information content (AvgIpc) is 3.12. The Labute approximate surface area is 139 Å². The van der Waals surface area contributed by atoms with E-state index in [-0.39, 0.29) is 0 Å². The molecule has 3 rings (SSSR count). The number of para-hydroxylation sites is 1. The molecule has 2 aromatic rings. The molecule has 0 spiro atoms. The second-order valence-electron chi connectivity index (χ2n) is 6.56. The molecule has 1 aromatic carbocycles. The van der Waals surface area contributed by atoms with Gasteiger partial charge in [0.15, 0.2) is 0 Å². The summed E-state index contributed by atoms with van der Waals surface area (Å²) in [5.41, 5.74) is 5.14. The first-order valence-corrected chi connectivity index (χ1v) is 8.70. The van der Waals surface area contributed by atoms with Crippen molar-refractivity contribution < 1.29 is 0 Å². The molecule has 23 heavy (non-hydrogen) atoms. The highest BCUT2D eigenvalue weighted by Crippen LogP contribution is 2.25. The normalized spacial score (nSPS) is 19.3. The number of rotatable bonds is 5. The molecule has 0 radical (unpaired) electrons. The zero-order chi connectivity index (χ0) is 16.4. The molecule has 4 nitrogen and oxygen atoms in total. The van der Waals surface area contributed by atoms with Crippen LogP contribution >= 0.6 is 0 Å². The molecule has 1 aliphatic rings. The number of aromatic nitrogens is 2. The molecule has 2 unspecified atom stereocenters. The lowest BCUT2D eigenvalue weighted by Gasteiger charge is -2.22. The number of nitrogens with one attached hydrogen (secondary N) is 1. The topological polar surface area (TPSA) is 33.1 Å². The van der Waals surface area contributed by atoms with Crippen LogP contribution in [0.25, 0.3) is 0 Å². The third-order valence-electron chi connectivity index (χ3n) is 4.97. The van der Waals surface area contributed by atoms with E-state index in [4.69, 9.17) is 0 Å². The maximum atomic E-state index is 4.65. The minimum atomic E-state index is 0.344. The van der Waals surface area contributed by atoms with Gasteiger partial charge in [-0.3, -0.25) is 4.68 Å². The Balaban J connectivity index is 1.65. The molecule has 4 heteroatoms. The van der Waals surface area contributed by atoms with E-state index < -0.39 is 0 Å². The Kier molecular flexibility index (Phi) is 4.71. The molecule has 0 aliphatic carbocycles. The van der Waals surface area contributed by atoms with Crippen LogP contribution in [0.3, 0.4) is 0 Å². The van der Waals surface area contributed by atoms with Crippen LogP contribution in [0.1, 0.15) is 43.3 Å². The molecular weight excluding hydrogens is 284 g/mol. The van der Waals surface area contributed by atoms with E-state index in [0.29, 0.717) is 12.1 Å².